The Labute approximate surface area is 115 Å². The predicted molar refractivity (Wildman–Crippen MR) is 76.0 cm³/mol. The minimum absolute atomic E-state index is 0.0483. The Morgan fingerprint density at radius 2 is 2.05 bits per heavy atom. The largest absolute Gasteiger partial charge is 0.508 e. The van der Waals surface area contributed by atoms with Crippen LogP contribution in [0.15, 0.2) is 12.1 Å². The van der Waals surface area contributed by atoms with E-state index < -0.39 is 0 Å². The number of rotatable bonds is 5. The van der Waals surface area contributed by atoms with Crippen LogP contribution in [-0.4, -0.2) is 23.9 Å². The number of epoxide rings is 1. The maximum atomic E-state index is 10.1. The van der Waals surface area contributed by atoms with Gasteiger partial charge < -0.3 is 14.6 Å². The SMILES string of the molecule is COc1cc([C@@H](C)CC[C@@H]2OC2(C)C)c(O)cc1C. The number of phenols is 1. The van der Waals surface area contributed by atoms with Crippen LogP contribution in [0.2, 0.25) is 0 Å². The second kappa shape index (κ2) is 5.04. The first-order valence-corrected chi connectivity index (χ1v) is 6.90. The van der Waals surface area contributed by atoms with Crippen molar-refractivity contribution in [3.8, 4) is 11.5 Å². The molecule has 0 saturated carbocycles. The summed E-state index contributed by atoms with van der Waals surface area (Å²) in [7, 11) is 1.66. The molecule has 1 fully saturated rings. The average Bonchev–Trinajstić information content (AvgIpc) is 2.94. The van der Waals surface area contributed by atoms with Crippen molar-refractivity contribution in [2.75, 3.05) is 7.11 Å². The lowest BCUT2D eigenvalue weighted by Gasteiger charge is -2.16. The summed E-state index contributed by atoms with van der Waals surface area (Å²) in [6, 6.07) is 3.73. The molecule has 3 nitrogen and oxygen atoms in total. The van der Waals surface area contributed by atoms with Gasteiger partial charge in [0.1, 0.15) is 11.5 Å². The molecule has 2 atom stereocenters. The van der Waals surface area contributed by atoms with E-state index >= 15 is 0 Å². The number of ether oxygens (including phenoxy) is 2. The predicted octanol–water partition coefficient (Wildman–Crippen LogP) is 3.77. The first kappa shape index (κ1) is 14.2. The smallest absolute Gasteiger partial charge is 0.122 e. The summed E-state index contributed by atoms with van der Waals surface area (Å²) in [5, 5.41) is 10.1. The highest BCUT2D eigenvalue weighted by atomic mass is 16.6. The molecule has 1 saturated heterocycles. The number of aromatic hydroxyl groups is 1. The van der Waals surface area contributed by atoms with Gasteiger partial charge in [-0.15, -0.1) is 0 Å². The molecule has 0 unspecified atom stereocenters. The Hall–Kier alpha value is -1.22. The minimum Gasteiger partial charge on any atom is -0.508 e. The third kappa shape index (κ3) is 3.03. The van der Waals surface area contributed by atoms with E-state index in [2.05, 4.69) is 20.8 Å². The molecule has 2 rings (SSSR count). The van der Waals surface area contributed by atoms with Crippen LogP contribution in [0.1, 0.15) is 50.7 Å². The summed E-state index contributed by atoms with van der Waals surface area (Å²) < 4.78 is 10.9. The molecular formula is C16H24O3. The van der Waals surface area contributed by atoms with Crippen molar-refractivity contribution in [1.29, 1.82) is 0 Å². The average molecular weight is 264 g/mol. The molecule has 1 aliphatic rings. The van der Waals surface area contributed by atoms with Gasteiger partial charge in [0.2, 0.25) is 0 Å². The van der Waals surface area contributed by atoms with Gasteiger partial charge in [0.15, 0.2) is 0 Å². The van der Waals surface area contributed by atoms with Crippen LogP contribution in [0.5, 0.6) is 11.5 Å². The van der Waals surface area contributed by atoms with Crippen LogP contribution in [0.4, 0.5) is 0 Å². The highest BCUT2D eigenvalue weighted by molar-refractivity contribution is 5.46. The Morgan fingerprint density at radius 1 is 1.42 bits per heavy atom. The molecule has 1 aromatic rings. The van der Waals surface area contributed by atoms with Gasteiger partial charge in [-0.3, -0.25) is 0 Å². The van der Waals surface area contributed by atoms with Crippen molar-refractivity contribution in [2.24, 2.45) is 0 Å². The molecule has 1 heterocycles. The lowest BCUT2D eigenvalue weighted by atomic mass is 9.92. The second-order valence-corrected chi connectivity index (χ2v) is 6.07. The summed E-state index contributed by atoms with van der Waals surface area (Å²) in [5.41, 5.74) is 1.97. The Morgan fingerprint density at radius 3 is 2.58 bits per heavy atom. The summed E-state index contributed by atoms with van der Waals surface area (Å²) in [5.74, 6) is 1.50. The number of phenolic OH excluding ortho intramolecular Hbond substituents is 1. The maximum absolute atomic E-state index is 10.1. The van der Waals surface area contributed by atoms with E-state index in [9.17, 15) is 5.11 Å². The van der Waals surface area contributed by atoms with Crippen molar-refractivity contribution in [3.63, 3.8) is 0 Å². The molecule has 1 aliphatic heterocycles. The van der Waals surface area contributed by atoms with E-state index in [-0.39, 0.29) is 5.60 Å². The molecule has 1 N–H and O–H groups in total. The van der Waals surface area contributed by atoms with Gasteiger partial charge in [-0.1, -0.05) is 6.92 Å². The van der Waals surface area contributed by atoms with E-state index in [0.717, 1.165) is 29.7 Å². The first-order valence-electron chi connectivity index (χ1n) is 6.90. The quantitative estimate of drug-likeness (QED) is 0.823. The van der Waals surface area contributed by atoms with Crippen LogP contribution >= 0.6 is 0 Å². The lowest BCUT2D eigenvalue weighted by Crippen LogP contribution is -2.05. The van der Waals surface area contributed by atoms with E-state index in [1.54, 1.807) is 13.2 Å². The molecule has 3 heteroatoms. The van der Waals surface area contributed by atoms with Gasteiger partial charge in [-0.05, 0) is 57.2 Å². The Balaban J connectivity index is 2.04. The third-order valence-electron chi connectivity index (χ3n) is 4.10. The van der Waals surface area contributed by atoms with Gasteiger partial charge in [-0.2, -0.15) is 0 Å². The second-order valence-electron chi connectivity index (χ2n) is 6.07. The maximum Gasteiger partial charge on any atom is 0.122 e. The van der Waals surface area contributed by atoms with Gasteiger partial charge >= 0.3 is 0 Å². The monoisotopic (exact) mass is 264 g/mol. The van der Waals surface area contributed by atoms with Crippen LogP contribution in [0, 0.1) is 6.92 Å². The van der Waals surface area contributed by atoms with Crippen LogP contribution in [0.25, 0.3) is 0 Å². The highest BCUT2D eigenvalue weighted by Crippen LogP contribution is 2.41. The number of hydrogen-bond donors (Lipinski definition) is 1. The summed E-state index contributed by atoms with van der Waals surface area (Å²) in [6.45, 7) is 8.32. The molecule has 106 valence electrons. The third-order valence-corrected chi connectivity index (χ3v) is 4.10. The summed E-state index contributed by atoms with van der Waals surface area (Å²) in [6.07, 6.45) is 2.40. The molecule has 0 amide bonds. The van der Waals surface area contributed by atoms with E-state index in [0.29, 0.717) is 17.8 Å². The summed E-state index contributed by atoms with van der Waals surface area (Å²) in [4.78, 5) is 0. The molecule has 1 aromatic carbocycles. The van der Waals surface area contributed by atoms with Crippen molar-refractivity contribution in [1.82, 2.24) is 0 Å². The van der Waals surface area contributed by atoms with E-state index in [1.165, 1.54) is 0 Å². The zero-order valence-electron chi connectivity index (χ0n) is 12.5. The van der Waals surface area contributed by atoms with E-state index in [1.807, 2.05) is 13.0 Å². The normalized spacial score (nSPS) is 22.1. The van der Waals surface area contributed by atoms with Crippen molar-refractivity contribution in [2.45, 2.75) is 58.2 Å². The number of hydrogen-bond acceptors (Lipinski definition) is 3. The van der Waals surface area contributed by atoms with Gasteiger partial charge in [0.25, 0.3) is 0 Å². The van der Waals surface area contributed by atoms with Gasteiger partial charge in [0, 0.05) is 5.56 Å². The van der Waals surface area contributed by atoms with Crippen LogP contribution < -0.4 is 4.74 Å². The fourth-order valence-electron chi connectivity index (χ4n) is 2.60. The van der Waals surface area contributed by atoms with Gasteiger partial charge in [0.05, 0.1) is 18.8 Å². The first-order chi connectivity index (χ1) is 8.85. The fraction of sp³-hybridized carbons (Fsp3) is 0.625. The summed E-state index contributed by atoms with van der Waals surface area (Å²) >= 11 is 0. The van der Waals surface area contributed by atoms with Crippen molar-refractivity contribution in [3.05, 3.63) is 23.3 Å². The lowest BCUT2D eigenvalue weighted by molar-refractivity contribution is 0.317. The number of benzene rings is 1. The van der Waals surface area contributed by atoms with Crippen molar-refractivity contribution >= 4 is 0 Å². The minimum atomic E-state index is 0.0483. The molecule has 0 spiro atoms. The highest BCUT2D eigenvalue weighted by Gasteiger charge is 2.47. The molecular weight excluding hydrogens is 240 g/mol. The topological polar surface area (TPSA) is 42.0 Å². The zero-order valence-corrected chi connectivity index (χ0v) is 12.5. The van der Waals surface area contributed by atoms with Crippen LogP contribution in [0.3, 0.4) is 0 Å². The molecule has 0 aliphatic carbocycles. The standard InChI is InChI=1S/C16H24O3/c1-10(6-7-15-16(3,4)19-15)12-9-14(18-5)11(2)8-13(12)17/h8-10,15,17H,6-7H2,1-5H3/t10-,15-/m0/s1. The molecule has 0 bridgehead atoms. The number of aryl methyl sites for hydroxylation is 1. The molecule has 19 heavy (non-hydrogen) atoms. The Bertz CT molecular complexity index is 465. The van der Waals surface area contributed by atoms with Gasteiger partial charge in [-0.25, -0.2) is 0 Å². The van der Waals surface area contributed by atoms with E-state index in [4.69, 9.17) is 9.47 Å². The van der Waals surface area contributed by atoms with Crippen molar-refractivity contribution < 1.29 is 14.6 Å². The zero-order chi connectivity index (χ0) is 14.2. The fourth-order valence-corrected chi connectivity index (χ4v) is 2.60. The molecule has 0 aromatic heterocycles. The molecule has 0 radical (unpaired) electrons. The van der Waals surface area contributed by atoms with Crippen LogP contribution in [-0.2, 0) is 4.74 Å². The number of methoxy groups -OCH3 is 1. The Kier molecular flexibility index (Phi) is 3.77.